The summed E-state index contributed by atoms with van der Waals surface area (Å²) in [5.74, 6) is -0.0644. The van der Waals surface area contributed by atoms with Crippen LogP contribution in [0.2, 0.25) is 0 Å². The van der Waals surface area contributed by atoms with E-state index >= 15 is 0 Å². The van der Waals surface area contributed by atoms with Crippen LogP contribution in [0.3, 0.4) is 0 Å². The number of benzene rings is 1. The minimum Gasteiger partial charge on any atom is -0.294 e. The summed E-state index contributed by atoms with van der Waals surface area (Å²) in [6.45, 7) is 0. The molecule has 15 heavy (non-hydrogen) atoms. The third-order valence-corrected chi connectivity index (χ3v) is 3.15. The van der Waals surface area contributed by atoms with Crippen molar-refractivity contribution in [2.24, 2.45) is 0 Å². The number of aryl methyl sites for hydroxylation is 1. The molecule has 82 valence electrons. The first-order chi connectivity index (χ1) is 6.48. The Hall–Kier alpha value is -0.910. The predicted molar refractivity (Wildman–Crippen MR) is 56.2 cm³/mol. The highest BCUT2D eigenvalue weighted by atomic mass is 35.5. The number of hydrogen-bond acceptors (Lipinski definition) is 3. The SMILES string of the molecule is Cl.O=C1CCc2ccc(S(=O)(=O)O)cc21. The maximum Gasteiger partial charge on any atom is 0.294 e. The van der Waals surface area contributed by atoms with Crippen LogP contribution in [-0.4, -0.2) is 18.8 Å². The molecule has 0 unspecified atom stereocenters. The highest BCUT2D eigenvalue weighted by Gasteiger charge is 2.21. The van der Waals surface area contributed by atoms with Crippen molar-refractivity contribution in [3.05, 3.63) is 29.3 Å². The molecule has 6 heteroatoms. The van der Waals surface area contributed by atoms with E-state index in [9.17, 15) is 13.2 Å². The van der Waals surface area contributed by atoms with Crippen molar-refractivity contribution in [3.63, 3.8) is 0 Å². The molecule has 0 spiro atoms. The summed E-state index contributed by atoms with van der Waals surface area (Å²) in [7, 11) is -4.20. The first-order valence-corrected chi connectivity index (χ1v) is 5.56. The summed E-state index contributed by atoms with van der Waals surface area (Å²) >= 11 is 0. The molecule has 1 aliphatic rings. The van der Waals surface area contributed by atoms with Crippen LogP contribution in [0.4, 0.5) is 0 Å². The number of halogens is 1. The monoisotopic (exact) mass is 248 g/mol. The Morgan fingerprint density at radius 2 is 1.87 bits per heavy atom. The van der Waals surface area contributed by atoms with Gasteiger partial charge in [-0.3, -0.25) is 9.35 Å². The largest absolute Gasteiger partial charge is 0.294 e. The van der Waals surface area contributed by atoms with Crippen molar-refractivity contribution in [3.8, 4) is 0 Å². The van der Waals surface area contributed by atoms with Gasteiger partial charge < -0.3 is 0 Å². The Morgan fingerprint density at radius 1 is 1.20 bits per heavy atom. The Bertz CT molecular complexity index is 507. The molecule has 0 bridgehead atoms. The van der Waals surface area contributed by atoms with E-state index in [0.717, 1.165) is 5.56 Å². The topological polar surface area (TPSA) is 71.4 Å². The van der Waals surface area contributed by atoms with E-state index in [0.29, 0.717) is 18.4 Å². The van der Waals surface area contributed by atoms with Crippen molar-refractivity contribution >= 4 is 28.3 Å². The lowest BCUT2D eigenvalue weighted by molar-refractivity contribution is 0.0994. The molecule has 0 heterocycles. The average Bonchev–Trinajstić information content (AvgIpc) is 2.46. The number of carbonyl (C=O) groups is 1. The van der Waals surface area contributed by atoms with Gasteiger partial charge in [0.1, 0.15) is 0 Å². The first-order valence-electron chi connectivity index (χ1n) is 4.12. The fraction of sp³-hybridized carbons (Fsp3) is 0.222. The van der Waals surface area contributed by atoms with Crippen LogP contribution in [0, 0.1) is 0 Å². The smallest absolute Gasteiger partial charge is 0.294 e. The van der Waals surface area contributed by atoms with E-state index in [-0.39, 0.29) is 23.1 Å². The van der Waals surface area contributed by atoms with Gasteiger partial charge in [0.2, 0.25) is 0 Å². The molecule has 1 aliphatic carbocycles. The van der Waals surface area contributed by atoms with Gasteiger partial charge in [0.25, 0.3) is 10.1 Å². The minimum absolute atomic E-state index is 0. The number of ketones is 1. The second-order valence-electron chi connectivity index (χ2n) is 3.22. The third kappa shape index (κ3) is 2.19. The van der Waals surface area contributed by atoms with E-state index < -0.39 is 10.1 Å². The van der Waals surface area contributed by atoms with Crippen molar-refractivity contribution in [1.82, 2.24) is 0 Å². The third-order valence-electron chi connectivity index (χ3n) is 2.30. The summed E-state index contributed by atoms with van der Waals surface area (Å²) < 4.78 is 30.3. The fourth-order valence-corrected chi connectivity index (χ4v) is 2.08. The average molecular weight is 249 g/mol. The Labute approximate surface area is 93.5 Å². The van der Waals surface area contributed by atoms with E-state index in [1.54, 1.807) is 6.07 Å². The molecule has 0 radical (unpaired) electrons. The summed E-state index contributed by atoms with van der Waals surface area (Å²) in [6.07, 6.45) is 1.07. The van der Waals surface area contributed by atoms with Crippen molar-refractivity contribution in [2.45, 2.75) is 17.7 Å². The Kier molecular flexibility index (Phi) is 3.18. The molecule has 1 N–H and O–H groups in total. The van der Waals surface area contributed by atoms with Crippen LogP contribution in [0.1, 0.15) is 22.3 Å². The van der Waals surface area contributed by atoms with E-state index in [2.05, 4.69) is 0 Å². The Balaban J connectivity index is 0.00000112. The van der Waals surface area contributed by atoms with Gasteiger partial charge in [0.15, 0.2) is 5.78 Å². The first kappa shape index (κ1) is 12.2. The van der Waals surface area contributed by atoms with Crippen LogP contribution >= 0.6 is 12.4 Å². The maximum atomic E-state index is 11.3. The molecule has 2 rings (SSSR count). The predicted octanol–water partition coefficient (Wildman–Crippen LogP) is 1.48. The summed E-state index contributed by atoms with van der Waals surface area (Å²) in [5.41, 5.74) is 1.27. The molecule has 0 atom stereocenters. The highest BCUT2D eigenvalue weighted by Crippen LogP contribution is 2.24. The normalized spacial score (nSPS) is 14.6. The summed E-state index contributed by atoms with van der Waals surface area (Å²) in [4.78, 5) is 11.1. The molecular weight excluding hydrogens is 240 g/mol. The van der Waals surface area contributed by atoms with Crippen LogP contribution in [0.25, 0.3) is 0 Å². The van der Waals surface area contributed by atoms with E-state index in [1.807, 2.05) is 0 Å². The van der Waals surface area contributed by atoms with Gasteiger partial charge in [-0.25, -0.2) is 0 Å². The number of rotatable bonds is 1. The van der Waals surface area contributed by atoms with Crippen LogP contribution in [0.5, 0.6) is 0 Å². The summed E-state index contributed by atoms with van der Waals surface area (Å²) in [5, 5.41) is 0. The molecule has 1 aromatic carbocycles. The molecule has 0 fully saturated rings. The molecule has 4 nitrogen and oxygen atoms in total. The van der Waals surface area contributed by atoms with Crippen LogP contribution in [-0.2, 0) is 16.5 Å². The minimum atomic E-state index is -4.20. The van der Waals surface area contributed by atoms with Crippen LogP contribution in [0.15, 0.2) is 23.1 Å². The molecule has 0 aliphatic heterocycles. The van der Waals surface area contributed by atoms with Crippen LogP contribution < -0.4 is 0 Å². The molecule has 0 saturated heterocycles. The number of hydrogen-bond donors (Lipinski definition) is 1. The highest BCUT2D eigenvalue weighted by molar-refractivity contribution is 7.85. The van der Waals surface area contributed by atoms with Crippen molar-refractivity contribution in [1.29, 1.82) is 0 Å². The molecule has 1 aromatic rings. The number of carbonyl (C=O) groups excluding carboxylic acids is 1. The van der Waals surface area contributed by atoms with E-state index in [1.165, 1.54) is 12.1 Å². The zero-order valence-corrected chi connectivity index (χ0v) is 9.27. The fourth-order valence-electron chi connectivity index (χ4n) is 1.58. The zero-order valence-electron chi connectivity index (χ0n) is 7.63. The van der Waals surface area contributed by atoms with Gasteiger partial charge >= 0.3 is 0 Å². The quantitative estimate of drug-likeness (QED) is 0.765. The summed E-state index contributed by atoms with van der Waals surface area (Å²) in [6, 6.07) is 4.12. The van der Waals surface area contributed by atoms with Gasteiger partial charge in [-0.1, -0.05) is 6.07 Å². The van der Waals surface area contributed by atoms with Gasteiger partial charge in [-0.05, 0) is 24.1 Å². The zero-order chi connectivity index (χ0) is 10.3. The number of fused-ring (bicyclic) bond motifs is 1. The van der Waals surface area contributed by atoms with Crippen molar-refractivity contribution < 1.29 is 17.8 Å². The second kappa shape index (κ2) is 3.92. The molecule has 0 amide bonds. The number of Topliss-reactive ketones (excluding diaryl/α,β-unsaturated/α-hetero) is 1. The lowest BCUT2D eigenvalue weighted by Gasteiger charge is -2.00. The van der Waals surface area contributed by atoms with Gasteiger partial charge in [-0.15, -0.1) is 12.4 Å². The lowest BCUT2D eigenvalue weighted by atomic mass is 10.1. The molecular formula is C9H9ClO4S. The van der Waals surface area contributed by atoms with E-state index in [4.69, 9.17) is 4.55 Å². The Morgan fingerprint density at radius 3 is 2.47 bits per heavy atom. The molecule has 0 saturated carbocycles. The maximum absolute atomic E-state index is 11.3. The standard InChI is InChI=1S/C9H8O4S.ClH/c10-9-4-2-6-1-3-7(5-8(6)9)14(11,12)13;/h1,3,5H,2,4H2,(H,11,12,13);1H. The van der Waals surface area contributed by atoms with Gasteiger partial charge in [-0.2, -0.15) is 8.42 Å². The molecule has 0 aromatic heterocycles. The van der Waals surface area contributed by atoms with Crippen molar-refractivity contribution in [2.75, 3.05) is 0 Å². The second-order valence-corrected chi connectivity index (χ2v) is 4.64. The lowest BCUT2D eigenvalue weighted by Crippen LogP contribution is -2.00. The van der Waals surface area contributed by atoms with Gasteiger partial charge in [0.05, 0.1) is 4.90 Å². The van der Waals surface area contributed by atoms with Gasteiger partial charge in [0, 0.05) is 12.0 Å².